The van der Waals surface area contributed by atoms with E-state index < -0.39 is 0 Å². The van der Waals surface area contributed by atoms with Crippen molar-refractivity contribution in [3.63, 3.8) is 0 Å². The largest absolute Gasteiger partial charge is 0.351 e. The van der Waals surface area contributed by atoms with E-state index in [1.807, 2.05) is 19.9 Å². The number of aromatic nitrogens is 5. The summed E-state index contributed by atoms with van der Waals surface area (Å²) >= 11 is 6.32. The average molecular weight is 395 g/mol. The number of benzene rings is 2. The summed E-state index contributed by atoms with van der Waals surface area (Å²) in [5.41, 5.74) is 4.32. The van der Waals surface area contributed by atoms with Gasteiger partial charge in [0.1, 0.15) is 12.7 Å². The molecule has 4 rings (SSSR count). The molecule has 1 amide bonds. The molecule has 0 radical (unpaired) electrons. The Morgan fingerprint density at radius 3 is 2.75 bits per heavy atom. The highest BCUT2D eigenvalue weighted by molar-refractivity contribution is 6.34. The maximum absolute atomic E-state index is 12.6. The number of amides is 1. The van der Waals surface area contributed by atoms with Gasteiger partial charge in [-0.05, 0) is 36.8 Å². The Bertz CT molecular complexity index is 1140. The quantitative estimate of drug-likeness (QED) is 0.541. The summed E-state index contributed by atoms with van der Waals surface area (Å²) in [6.45, 7) is 4.55. The van der Waals surface area contributed by atoms with Crippen molar-refractivity contribution in [2.24, 2.45) is 0 Å². The highest BCUT2D eigenvalue weighted by atomic mass is 35.5. The number of H-pyrrole nitrogens is 1. The lowest BCUT2D eigenvalue weighted by Gasteiger charge is -2.13. The van der Waals surface area contributed by atoms with Crippen molar-refractivity contribution in [1.82, 2.24) is 30.3 Å². The highest BCUT2D eigenvalue weighted by Gasteiger charge is 2.16. The molecule has 0 fully saturated rings. The monoisotopic (exact) mass is 394 g/mol. The Labute approximate surface area is 166 Å². The van der Waals surface area contributed by atoms with E-state index in [4.69, 9.17) is 11.6 Å². The number of hydrogen-bond donors (Lipinski definition) is 2. The van der Waals surface area contributed by atoms with Crippen molar-refractivity contribution in [3.05, 3.63) is 70.9 Å². The predicted molar refractivity (Wildman–Crippen MR) is 108 cm³/mol. The molecule has 1 atom stereocenters. The van der Waals surface area contributed by atoms with Crippen LogP contribution in [0.2, 0.25) is 5.02 Å². The minimum absolute atomic E-state index is 0.0757. The van der Waals surface area contributed by atoms with Crippen LogP contribution in [0.4, 0.5) is 0 Å². The van der Waals surface area contributed by atoms with Crippen LogP contribution in [0.25, 0.3) is 16.6 Å². The summed E-state index contributed by atoms with van der Waals surface area (Å²) < 4.78 is 1.72. The maximum Gasteiger partial charge on any atom is 0.252 e. The first-order valence-electron chi connectivity index (χ1n) is 8.90. The van der Waals surface area contributed by atoms with Crippen molar-refractivity contribution in [2.45, 2.75) is 19.8 Å². The van der Waals surface area contributed by atoms with Gasteiger partial charge < -0.3 is 5.32 Å². The molecule has 28 heavy (non-hydrogen) atoms. The predicted octanol–water partition coefficient (Wildman–Crippen LogP) is 3.64. The fourth-order valence-electron chi connectivity index (χ4n) is 3.14. The van der Waals surface area contributed by atoms with Gasteiger partial charge in [-0.1, -0.05) is 30.7 Å². The molecule has 0 saturated carbocycles. The fraction of sp³-hybridized carbons (Fsp3) is 0.200. The molecular formula is C20H19ClN6O. The molecule has 0 spiro atoms. The van der Waals surface area contributed by atoms with Gasteiger partial charge in [-0.3, -0.25) is 14.5 Å². The lowest BCUT2D eigenvalue weighted by Crippen LogP contribution is -2.28. The lowest BCUT2D eigenvalue weighted by molar-refractivity contribution is 0.0951. The number of halogens is 1. The molecule has 0 saturated heterocycles. The van der Waals surface area contributed by atoms with E-state index in [9.17, 15) is 4.79 Å². The molecule has 2 heterocycles. The molecule has 0 unspecified atom stereocenters. The summed E-state index contributed by atoms with van der Waals surface area (Å²) in [6.07, 6.45) is 3.15. The van der Waals surface area contributed by atoms with E-state index in [1.165, 1.54) is 0 Å². The SMILES string of the molecule is Cc1ccc2c([C@@H](C)CNC(=O)c3ccc(-n4cnnc4)cc3Cl)[nH]nc2c1. The number of aryl methyl sites for hydroxylation is 1. The second-order valence-electron chi connectivity index (χ2n) is 6.80. The Morgan fingerprint density at radius 1 is 1.21 bits per heavy atom. The lowest BCUT2D eigenvalue weighted by atomic mass is 10.0. The third kappa shape index (κ3) is 3.48. The van der Waals surface area contributed by atoms with E-state index in [-0.39, 0.29) is 11.8 Å². The number of aromatic amines is 1. The van der Waals surface area contributed by atoms with E-state index >= 15 is 0 Å². The first-order valence-corrected chi connectivity index (χ1v) is 9.28. The highest BCUT2D eigenvalue weighted by Crippen LogP contribution is 2.24. The minimum Gasteiger partial charge on any atom is -0.351 e. The fourth-order valence-corrected chi connectivity index (χ4v) is 3.40. The van der Waals surface area contributed by atoms with Crippen LogP contribution >= 0.6 is 11.6 Å². The van der Waals surface area contributed by atoms with E-state index in [1.54, 1.807) is 35.4 Å². The van der Waals surface area contributed by atoms with Gasteiger partial charge in [-0.15, -0.1) is 10.2 Å². The number of carbonyl (C=O) groups excluding carboxylic acids is 1. The first kappa shape index (κ1) is 18.2. The number of fused-ring (bicyclic) bond motifs is 1. The smallest absolute Gasteiger partial charge is 0.252 e. The van der Waals surface area contributed by atoms with Crippen LogP contribution in [0.15, 0.2) is 49.1 Å². The molecule has 2 aromatic heterocycles. The Balaban J connectivity index is 1.46. The zero-order chi connectivity index (χ0) is 19.7. The van der Waals surface area contributed by atoms with Gasteiger partial charge >= 0.3 is 0 Å². The molecule has 0 aliphatic rings. The minimum atomic E-state index is -0.216. The number of hydrogen-bond acceptors (Lipinski definition) is 4. The molecule has 2 aromatic carbocycles. The van der Waals surface area contributed by atoms with Gasteiger partial charge in [0.2, 0.25) is 0 Å². The van der Waals surface area contributed by atoms with Crippen molar-refractivity contribution in [2.75, 3.05) is 6.54 Å². The maximum atomic E-state index is 12.6. The third-order valence-electron chi connectivity index (χ3n) is 4.72. The molecule has 0 bridgehead atoms. The molecule has 4 aromatic rings. The normalized spacial score (nSPS) is 12.2. The van der Waals surface area contributed by atoms with Gasteiger partial charge in [0.15, 0.2) is 0 Å². The molecule has 0 aliphatic heterocycles. The Hall–Kier alpha value is -3.19. The average Bonchev–Trinajstić information content (AvgIpc) is 3.35. The van der Waals surface area contributed by atoms with Crippen LogP contribution in [0.5, 0.6) is 0 Å². The van der Waals surface area contributed by atoms with Crippen LogP contribution in [0.1, 0.15) is 34.5 Å². The molecular weight excluding hydrogens is 376 g/mol. The van der Waals surface area contributed by atoms with Gasteiger partial charge in [0.05, 0.1) is 16.1 Å². The van der Waals surface area contributed by atoms with Gasteiger partial charge in [-0.2, -0.15) is 5.10 Å². The zero-order valence-electron chi connectivity index (χ0n) is 15.5. The summed E-state index contributed by atoms with van der Waals surface area (Å²) in [5.74, 6) is -0.140. The standard InChI is InChI=1S/C20H19ClN6O/c1-12-3-5-16-18(7-12)25-26-19(16)13(2)9-22-20(28)15-6-4-14(8-17(15)21)27-10-23-24-11-27/h3-8,10-11,13H,9H2,1-2H3,(H,22,28)(H,25,26)/t13-/m0/s1. The second-order valence-corrected chi connectivity index (χ2v) is 7.21. The summed E-state index contributed by atoms with van der Waals surface area (Å²) in [6, 6.07) is 11.4. The van der Waals surface area contributed by atoms with Crippen LogP contribution < -0.4 is 5.32 Å². The topological polar surface area (TPSA) is 88.5 Å². The van der Waals surface area contributed by atoms with E-state index in [0.717, 1.165) is 27.8 Å². The number of carbonyl (C=O) groups is 1. The van der Waals surface area contributed by atoms with Crippen molar-refractivity contribution in [1.29, 1.82) is 0 Å². The molecule has 2 N–H and O–H groups in total. The number of nitrogens with zero attached hydrogens (tertiary/aromatic N) is 4. The Morgan fingerprint density at radius 2 is 2.00 bits per heavy atom. The Kier molecular flexibility index (Phi) is 4.83. The van der Waals surface area contributed by atoms with Gasteiger partial charge in [0.25, 0.3) is 5.91 Å². The van der Waals surface area contributed by atoms with Crippen LogP contribution in [-0.4, -0.2) is 37.4 Å². The summed E-state index contributed by atoms with van der Waals surface area (Å²) in [4.78, 5) is 12.6. The van der Waals surface area contributed by atoms with E-state index in [0.29, 0.717) is 17.1 Å². The van der Waals surface area contributed by atoms with Gasteiger partial charge in [0, 0.05) is 29.2 Å². The van der Waals surface area contributed by atoms with Crippen molar-refractivity contribution < 1.29 is 4.79 Å². The van der Waals surface area contributed by atoms with Crippen LogP contribution in [0, 0.1) is 6.92 Å². The van der Waals surface area contributed by atoms with Crippen LogP contribution in [0.3, 0.4) is 0 Å². The number of rotatable bonds is 5. The number of nitrogens with one attached hydrogen (secondary N) is 2. The van der Waals surface area contributed by atoms with Crippen molar-refractivity contribution >= 4 is 28.4 Å². The molecule has 8 heteroatoms. The van der Waals surface area contributed by atoms with Crippen LogP contribution in [-0.2, 0) is 0 Å². The third-order valence-corrected chi connectivity index (χ3v) is 5.03. The summed E-state index contributed by atoms with van der Waals surface area (Å²) in [7, 11) is 0. The van der Waals surface area contributed by atoms with Gasteiger partial charge in [-0.25, -0.2) is 0 Å². The summed E-state index contributed by atoms with van der Waals surface area (Å²) in [5, 5.41) is 19.4. The van der Waals surface area contributed by atoms with E-state index in [2.05, 4.69) is 37.8 Å². The second kappa shape index (κ2) is 7.44. The molecule has 142 valence electrons. The zero-order valence-corrected chi connectivity index (χ0v) is 16.2. The first-order chi connectivity index (χ1) is 13.5. The molecule has 0 aliphatic carbocycles. The molecule has 7 nitrogen and oxygen atoms in total. The van der Waals surface area contributed by atoms with Crippen molar-refractivity contribution in [3.8, 4) is 5.69 Å².